The fraction of sp³-hybridized carbons (Fsp3) is 0.186. The molecular weight excluding hydrogens is 723 g/mol. The second kappa shape index (κ2) is 13.8. The zero-order valence-corrected chi connectivity index (χ0v) is 34.3. The van der Waals surface area contributed by atoms with Gasteiger partial charge in [0.05, 0.1) is 11.1 Å². The smallest absolute Gasteiger partial charge is 0.0720 e. The molecule has 0 heterocycles. The molecule has 2 saturated carbocycles. The minimum atomic E-state index is -0.459. The van der Waals surface area contributed by atoms with Gasteiger partial charge in [0.1, 0.15) is 0 Å². The summed E-state index contributed by atoms with van der Waals surface area (Å²) in [4.78, 5) is 2.54. The largest absolute Gasteiger partial charge is 0.310 e. The van der Waals surface area contributed by atoms with Crippen LogP contribution in [0.1, 0.15) is 72.4 Å². The van der Waals surface area contributed by atoms with Crippen molar-refractivity contribution in [2.75, 3.05) is 4.90 Å². The highest BCUT2D eigenvalue weighted by Crippen LogP contribution is 2.69. The molecule has 1 unspecified atom stereocenters. The predicted octanol–water partition coefficient (Wildman–Crippen LogP) is 15.3. The molecule has 12 rings (SSSR count). The Hall–Kier alpha value is -6.44. The number of benzene rings is 8. The molecule has 4 atom stereocenters. The van der Waals surface area contributed by atoms with Crippen LogP contribution in [-0.4, -0.2) is 0 Å². The normalized spacial score (nSPS) is 21.4. The van der Waals surface area contributed by atoms with Gasteiger partial charge < -0.3 is 4.90 Å². The van der Waals surface area contributed by atoms with Crippen molar-refractivity contribution in [3.63, 3.8) is 0 Å². The fourth-order valence-corrected chi connectivity index (χ4v) is 13.0. The summed E-state index contributed by atoms with van der Waals surface area (Å²) in [6, 6.07) is 76.0. The Morgan fingerprint density at radius 3 is 1.53 bits per heavy atom. The number of rotatable bonds is 5. The molecule has 2 spiro atoms. The fourth-order valence-electron chi connectivity index (χ4n) is 13.0. The van der Waals surface area contributed by atoms with Gasteiger partial charge in [-0.1, -0.05) is 183 Å². The molecule has 0 aromatic heterocycles. The van der Waals surface area contributed by atoms with Crippen LogP contribution in [0, 0.1) is 17.8 Å². The van der Waals surface area contributed by atoms with Crippen LogP contribution >= 0.6 is 0 Å². The topological polar surface area (TPSA) is 3.24 Å². The molecule has 2 fully saturated rings. The predicted molar refractivity (Wildman–Crippen MR) is 249 cm³/mol. The van der Waals surface area contributed by atoms with Crippen molar-refractivity contribution in [1.29, 1.82) is 0 Å². The SMILES string of the molecule is C[C@@H]1C[C@H]2CCC[C@@H](C1)C21c2ccccc2C2(c3ccccc3-c3ccccc32)c2cc(N(c3ccc(-c4ccccc4)cc3)c3ccccc3-c3ccccc3)ccc21. The van der Waals surface area contributed by atoms with Gasteiger partial charge in [0.15, 0.2) is 0 Å². The molecule has 8 aromatic rings. The molecule has 0 amide bonds. The van der Waals surface area contributed by atoms with Gasteiger partial charge in [-0.3, -0.25) is 0 Å². The molecule has 60 heavy (non-hydrogen) atoms. The van der Waals surface area contributed by atoms with E-state index >= 15 is 0 Å². The maximum Gasteiger partial charge on any atom is 0.0720 e. The van der Waals surface area contributed by atoms with E-state index in [-0.39, 0.29) is 5.41 Å². The van der Waals surface area contributed by atoms with Gasteiger partial charge in [-0.05, 0) is 135 Å². The van der Waals surface area contributed by atoms with Gasteiger partial charge in [-0.25, -0.2) is 0 Å². The van der Waals surface area contributed by atoms with Gasteiger partial charge in [-0.2, -0.15) is 0 Å². The Bertz CT molecular complexity index is 2830. The van der Waals surface area contributed by atoms with Gasteiger partial charge in [0.25, 0.3) is 0 Å². The number of para-hydroxylation sites is 1. The van der Waals surface area contributed by atoms with E-state index in [1.165, 1.54) is 99.1 Å². The lowest BCUT2D eigenvalue weighted by Crippen LogP contribution is -2.55. The summed E-state index contributed by atoms with van der Waals surface area (Å²) in [5.74, 6) is 1.96. The molecule has 2 bridgehead atoms. The van der Waals surface area contributed by atoms with Gasteiger partial charge >= 0.3 is 0 Å². The molecule has 0 aliphatic heterocycles. The van der Waals surface area contributed by atoms with Crippen LogP contribution in [0.2, 0.25) is 0 Å². The molecule has 0 N–H and O–H groups in total. The Morgan fingerprint density at radius 1 is 0.400 bits per heavy atom. The first-order valence-electron chi connectivity index (χ1n) is 22.2. The minimum Gasteiger partial charge on any atom is -0.310 e. The van der Waals surface area contributed by atoms with E-state index in [1.54, 1.807) is 11.1 Å². The number of hydrogen-bond acceptors (Lipinski definition) is 1. The summed E-state index contributed by atoms with van der Waals surface area (Å²) in [5, 5.41) is 0. The first-order valence-corrected chi connectivity index (χ1v) is 22.2. The van der Waals surface area contributed by atoms with E-state index in [9.17, 15) is 0 Å². The third-order valence-corrected chi connectivity index (χ3v) is 15.1. The zero-order chi connectivity index (χ0) is 39.8. The number of nitrogens with zero attached hydrogens (tertiary/aromatic N) is 1. The van der Waals surface area contributed by atoms with Crippen LogP contribution in [0.3, 0.4) is 0 Å². The summed E-state index contributed by atoms with van der Waals surface area (Å²) in [7, 11) is 0. The average Bonchev–Trinajstić information content (AvgIpc) is 3.60. The number of fused-ring (bicyclic) bond motifs is 9. The van der Waals surface area contributed by atoms with E-state index in [1.807, 2.05) is 0 Å². The van der Waals surface area contributed by atoms with Crippen LogP contribution in [0.4, 0.5) is 17.1 Å². The third-order valence-electron chi connectivity index (χ3n) is 15.1. The van der Waals surface area contributed by atoms with E-state index in [0.717, 1.165) is 11.6 Å². The second-order valence-electron chi connectivity index (χ2n) is 18.0. The van der Waals surface area contributed by atoms with E-state index in [0.29, 0.717) is 11.8 Å². The molecular formula is C59H49N. The van der Waals surface area contributed by atoms with E-state index in [2.05, 4.69) is 212 Å². The number of anilines is 3. The summed E-state index contributed by atoms with van der Waals surface area (Å²) in [6.45, 7) is 2.52. The van der Waals surface area contributed by atoms with Crippen LogP contribution in [0.5, 0.6) is 0 Å². The molecule has 290 valence electrons. The Labute approximate surface area is 355 Å². The molecule has 4 aliphatic carbocycles. The highest BCUT2D eigenvalue weighted by molar-refractivity contribution is 5.92. The van der Waals surface area contributed by atoms with Gasteiger partial charge in [0, 0.05) is 22.4 Å². The van der Waals surface area contributed by atoms with Crippen molar-refractivity contribution < 1.29 is 0 Å². The monoisotopic (exact) mass is 771 g/mol. The lowest BCUT2D eigenvalue weighted by atomic mass is 9.42. The maximum absolute atomic E-state index is 2.65. The molecule has 4 aliphatic rings. The molecule has 0 radical (unpaired) electrons. The Balaban J connectivity index is 1.17. The van der Waals surface area contributed by atoms with E-state index < -0.39 is 5.41 Å². The quantitative estimate of drug-likeness (QED) is 0.168. The molecule has 0 saturated heterocycles. The van der Waals surface area contributed by atoms with Crippen molar-refractivity contribution in [3.05, 3.63) is 234 Å². The van der Waals surface area contributed by atoms with Crippen molar-refractivity contribution in [2.24, 2.45) is 17.8 Å². The van der Waals surface area contributed by atoms with Gasteiger partial charge in [0.2, 0.25) is 0 Å². The van der Waals surface area contributed by atoms with Crippen molar-refractivity contribution >= 4 is 17.1 Å². The minimum absolute atomic E-state index is 0.0307. The standard InChI is InChI=1S/C59H49N/c1-40-37-44-21-16-22-45(38-40)58(44)53-28-13-14-29-54(53)59(51-26-11-8-24-49(51)50-25-9-12-27-52(50)59)56-39-47(35-36-55(56)58)60(46-33-31-42(32-34-46)41-17-4-2-5-18-41)57-30-15-10-23-48(57)43-19-6-3-7-20-43/h2-15,17-20,23-36,39-40,44-45H,16,21-22,37-38H2,1H3/t40-,44-,45+,58?. The molecule has 1 heteroatoms. The van der Waals surface area contributed by atoms with Crippen LogP contribution < -0.4 is 4.90 Å². The average molecular weight is 772 g/mol. The maximum atomic E-state index is 2.65. The third kappa shape index (κ3) is 4.99. The Morgan fingerprint density at radius 2 is 0.883 bits per heavy atom. The lowest BCUT2D eigenvalue weighted by molar-refractivity contribution is 0.0495. The Kier molecular flexibility index (Phi) is 8.18. The van der Waals surface area contributed by atoms with Crippen LogP contribution in [0.25, 0.3) is 33.4 Å². The molecule has 1 nitrogen and oxygen atoms in total. The van der Waals surface area contributed by atoms with Crippen LogP contribution in [-0.2, 0) is 10.8 Å². The highest BCUT2D eigenvalue weighted by Gasteiger charge is 2.61. The lowest BCUT2D eigenvalue weighted by Gasteiger charge is -2.60. The van der Waals surface area contributed by atoms with Crippen molar-refractivity contribution in [2.45, 2.75) is 49.9 Å². The first kappa shape index (κ1) is 35.5. The second-order valence-corrected chi connectivity index (χ2v) is 18.0. The highest BCUT2D eigenvalue weighted by atomic mass is 15.1. The van der Waals surface area contributed by atoms with Gasteiger partial charge in [-0.15, -0.1) is 0 Å². The summed E-state index contributed by atoms with van der Waals surface area (Å²) in [6.07, 6.45) is 6.49. The zero-order valence-electron chi connectivity index (χ0n) is 34.3. The molecule has 8 aromatic carbocycles. The van der Waals surface area contributed by atoms with E-state index in [4.69, 9.17) is 0 Å². The first-order chi connectivity index (χ1) is 29.7. The van der Waals surface area contributed by atoms with Crippen molar-refractivity contribution in [3.8, 4) is 33.4 Å². The van der Waals surface area contributed by atoms with Crippen LogP contribution in [0.15, 0.2) is 200 Å². The summed E-state index contributed by atoms with van der Waals surface area (Å²) < 4.78 is 0. The summed E-state index contributed by atoms with van der Waals surface area (Å²) >= 11 is 0. The summed E-state index contributed by atoms with van der Waals surface area (Å²) in [5.41, 5.74) is 19.5. The van der Waals surface area contributed by atoms with Crippen molar-refractivity contribution in [1.82, 2.24) is 0 Å². The number of hydrogen-bond donors (Lipinski definition) is 0.